The maximum absolute atomic E-state index is 11.1. The Morgan fingerprint density at radius 2 is 1.00 bits per heavy atom. The third-order valence-corrected chi connectivity index (χ3v) is 3.64. The molecule has 3 nitrogen and oxygen atoms in total. The van der Waals surface area contributed by atoms with E-state index in [9.17, 15) is 9.59 Å². The first-order valence-electron chi connectivity index (χ1n) is 5.34. The standard InChI is InChI=1S/C14H8I2O3/c15-13(17)9-1-5-11(6-2-9)19-12-7-3-10(4-8-12)14(16)18/h1-8H. The Kier molecular flexibility index (Phi) is 4.92. The smallest absolute Gasteiger partial charge is 0.222 e. The van der Waals surface area contributed by atoms with Crippen molar-refractivity contribution in [2.45, 2.75) is 0 Å². The van der Waals surface area contributed by atoms with Gasteiger partial charge in [-0.25, -0.2) is 0 Å². The Balaban J connectivity index is 2.12. The van der Waals surface area contributed by atoms with E-state index in [1.165, 1.54) is 0 Å². The minimum absolute atomic E-state index is 0.00550. The van der Waals surface area contributed by atoms with Gasteiger partial charge < -0.3 is 4.74 Å². The summed E-state index contributed by atoms with van der Waals surface area (Å²) in [4.78, 5) is 22.3. The average Bonchev–Trinajstić information content (AvgIpc) is 2.40. The minimum atomic E-state index is -0.00550. The first-order chi connectivity index (χ1) is 9.06. The van der Waals surface area contributed by atoms with Crippen molar-refractivity contribution in [3.63, 3.8) is 0 Å². The molecule has 0 bridgehead atoms. The molecule has 2 rings (SSSR count). The van der Waals surface area contributed by atoms with Crippen molar-refractivity contribution in [1.29, 1.82) is 0 Å². The molecular weight excluding hydrogens is 470 g/mol. The van der Waals surface area contributed by atoms with E-state index >= 15 is 0 Å². The lowest BCUT2D eigenvalue weighted by atomic mass is 10.2. The van der Waals surface area contributed by atoms with Gasteiger partial charge in [-0.05, 0) is 48.5 Å². The van der Waals surface area contributed by atoms with Crippen LogP contribution in [0.25, 0.3) is 0 Å². The highest BCUT2D eigenvalue weighted by atomic mass is 127. The van der Waals surface area contributed by atoms with Crippen molar-refractivity contribution in [3.8, 4) is 11.5 Å². The van der Waals surface area contributed by atoms with Gasteiger partial charge in [-0.3, -0.25) is 9.59 Å². The molecule has 0 radical (unpaired) electrons. The van der Waals surface area contributed by atoms with E-state index in [1.54, 1.807) is 93.7 Å². The molecule has 0 aliphatic rings. The third kappa shape index (κ3) is 4.00. The fourth-order valence-electron chi connectivity index (χ4n) is 1.44. The van der Waals surface area contributed by atoms with Crippen molar-refractivity contribution in [2.24, 2.45) is 0 Å². The molecule has 0 heterocycles. The molecule has 2 aromatic carbocycles. The predicted octanol–water partition coefficient (Wildman–Crippen LogP) is 4.63. The number of rotatable bonds is 4. The Morgan fingerprint density at radius 3 is 1.26 bits per heavy atom. The van der Waals surface area contributed by atoms with Crippen molar-refractivity contribution < 1.29 is 14.3 Å². The van der Waals surface area contributed by atoms with Crippen molar-refractivity contribution in [3.05, 3.63) is 59.7 Å². The summed E-state index contributed by atoms with van der Waals surface area (Å²) in [6.07, 6.45) is 0. The summed E-state index contributed by atoms with van der Waals surface area (Å²) in [6, 6.07) is 13.8. The highest BCUT2D eigenvalue weighted by molar-refractivity contribution is 14.1. The second-order valence-electron chi connectivity index (χ2n) is 3.70. The lowest BCUT2D eigenvalue weighted by Gasteiger charge is -2.06. The number of ether oxygens (including phenoxy) is 1. The summed E-state index contributed by atoms with van der Waals surface area (Å²) in [5.41, 5.74) is 1.28. The Bertz CT molecular complexity index is 548. The molecule has 0 amide bonds. The molecule has 0 spiro atoms. The van der Waals surface area contributed by atoms with Crippen LogP contribution < -0.4 is 4.74 Å². The number of hydrogen-bond acceptors (Lipinski definition) is 3. The van der Waals surface area contributed by atoms with Crippen LogP contribution in [-0.2, 0) is 0 Å². The fraction of sp³-hybridized carbons (Fsp3) is 0. The second kappa shape index (κ2) is 6.47. The molecular formula is C14H8I2O3. The zero-order valence-electron chi connectivity index (χ0n) is 9.60. The van der Waals surface area contributed by atoms with E-state index in [2.05, 4.69) is 0 Å². The minimum Gasteiger partial charge on any atom is -0.457 e. The number of hydrogen-bond donors (Lipinski definition) is 0. The molecule has 2 aromatic rings. The summed E-state index contributed by atoms with van der Waals surface area (Å²) in [5, 5.41) is 0. The number of carbonyl (C=O) groups is 2. The molecule has 0 unspecified atom stereocenters. The number of halogens is 2. The molecule has 19 heavy (non-hydrogen) atoms. The zero-order chi connectivity index (χ0) is 13.8. The topological polar surface area (TPSA) is 43.4 Å². The van der Waals surface area contributed by atoms with Gasteiger partial charge in [0.25, 0.3) is 0 Å². The van der Waals surface area contributed by atoms with Crippen LogP contribution in [0.15, 0.2) is 48.5 Å². The summed E-state index contributed by atoms with van der Waals surface area (Å²) in [7, 11) is 0. The van der Waals surface area contributed by atoms with E-state index in [-0.39, 0.29) is 7.58 Å². The van der Waals surface area contributed by atoms with Crippen molar-refractivity contribution in [1.82, 2.24) is 0 Å². The van der Waals surface area contributed by atoms with Crippen LogP contribution in [0.2, 0.25) is 0 Å². The predicted molar refractivity (Wildman–Crippen MR) is 89.7 cm³/mol. The quantitative estimate of drug-likeness (QED) is 0.476. The highest BCUT2D eigenvalue weighted by Crippen LogP contribution is 2.23. The Hall–Kier alpha value is -0.960. The number of benzene rings is 2. The van der Waals surface area contributed by atoms with Crippen LogP contribution in [-0.4, -0.2) is 7.58 Å². The number of carbonyl (C=O) groups excluding carboxylic acids is 2. The van der Waals surface area contributed by atoms with Crippen LogP contribution in [0.3, 0.4) is 0 Å². The van der Waals surface area contributed by atoms with Crippen LogP contribution in [0.5, 0.6) is 11.5 Å². The van der Waals surface area contributed by atoms with Gasteiger partial charge in [-0.1, -0.05) is 0 Å². The van der Waals surface area contributed by atoms with E-state index in [4.69, 9.17) is 4.74 Å². The monoisotopic (exact) mass is 478 g/mol. The average molecular weight is 478 g/mol. The van der Waals surface area contributed by atoms with E-state index in [1.807, 2.05) is 0 Å². The Morgan fingerprint density at radius 1 is 0.684 bits per heavy atom. The molecule has 5 heteroatoms. The lowest BCUT2D eigenvalue weighted by molar-refractivity contribution is 0.109. The molecule has 0 aliphatic carbocycles. The molecule has 0 N–H and O–H groups in total. The first-order valence-corrected chi connectivity index (χ1v) is 7.49. The van der Waals surface area contributed by atoms with Gasteiger partial charge >= 0.3 is 0 Å². The fourth-order valence-corrected chi connectivity index (χ4v) is 2.16. The van der Waals surface area contributed by atoms with Gasteiger partial charge in [-0.2, -0.15) is 0 Å². The summed E-state index contributed by atoms with van der Waals surface area (Å²) in [6.45, 7) is 0. The van der Waals surface area contributed by atoms with Crippen LogP contribution >= 0.6 is 45.2 Å². The van der Waals surface area contributed by atoms with Gasteiger partial charge in [0.05, 0.1) is 0 Å². The highest BCUT2D eigenvalue weighted by Gasteiger charge is 2.03. The van der Waals surface area contributed by atoms with Crippen molar-refractivity contribution >= 4 is 52.8 Å². The first kappa shape index (κ1) is 14.4. The molecule has 96 valence electrons. The molecule has 0 saturated heterocycles. The molecule has 0 aliphatic heterocycles. The SMILES string of the molecule is O=C(I)c1ccc(Oc2ccc(C(=O)I)cc2)cc1. The maximum atomic E-state index is 11.1. The largest absolute Gasteiger partial charge is 0.457 e. The van der Waals surface area contributed by atoms with Gasteiger partial charge in [0.1, 0.15) is 11.5 Å². The summed E-state index contributed by atoms with van der Waals surface area (Å²) < 4.78 is 5.61. The van der Waals surface area contributed by atoms with Crippen LogP contribution in [0.4, 0.5) is 0 Å². The van der Waals surface area contributed by atoms with Crippen molar-refractivity contribution in [2.75, 3.05) is 0 Å². The third-order valence-electron chi connectivity index (χ3n) is 2.40. The van der Waals surface area contributed by atoms with Crippen LogP contribution in [0, 0.1) is 0 Å². The van der Waals surface area contributed by atoms with Gasteiger partial charge in [-0.15, -0.1) is 0 Å². The van der Waals surface area contributed by atoms with E-state index in [0.29, 0.717) is 22.6 Å². The molecule has 0 fully saturated rings. The normalized spacial score (nSPS) is 10.0. The molecule has 0 aromatic heterocycles. The lowest BCUT2D eigenvalue weighted by Crippen LogP contribution is -1.90. The van der Waals surface area contributed by atoms with Gasteiger partial charge in [0, 0.05) is 56.3 Å². The molecule has 0 saturated carbocycles. The maximum Gasteiger partial charge on any atom is 0.222 e. The second-order valence-corrected chi connectivity index (χ2v) is 5.66. The summed E-state index contributed by atoms with van der Waals surface area (Å²) >= 11 is 3.48. The summed E-state index contributed by atoms with van der Waals surface area (Å²) in [5.74, 6) is 1.30. The van der Waals surface area contributed by atoms with E-state index < -0.39 is 0 Å². The zero-order valence-corrected chi connectivity index (χ0v) is 13.9. The molecule has 0 atom stereocenters. The van der Waals surface area contributed by atoms with Crippen LogP contribution in [0.1, 0.15) is 20.7 Å². The van der Waals surface area contributed by atoms with Gasteiger partial charge in [0.15, 0.2) is 0 Å². The van der Waals surface area contributed by atoms with E-state index in [0.717, 1.165) is 0 Å². The Labute approximate surface area is 137 Å². The van der Waals surface area contributed by atoms with Gasteiger partial charge in [0.2, 0.25) is 7.58 Å².